The molecule has 3 heteroatoms. The van der Waals surface area contributed by atoms with Crippen LogP contribution in [0.3, 0.4) is 0 Å². The minimum absolute atomic E-state index is 0.428. The Labute approximate surface area is 120 Å². The van der Waals surface area contributed by atoms with Crippen molar-refractivity contribution < 1.29 is 0 Å². The van der Waals surface area contributed by atoms with E-state index in [1.165, 1.54) is 37.7 Å². The van der Waals surface area contributed by atoms with E-state index in [0.717, 1.165) is 22.7 Å². The molecular formula is C15H24ClNS. The van der Waals surface area contributed by atoms with Gasteiger partial charge in [0.05, 0.1) is 4.34 Å². The van der Waals surface area contributed by atoms with E-state index in [1.54, 1.807) is 11.3 Å². The molecule has 1 unspecified atom stereocenters. The maximum absolute atomic E-state index is 5.98. The molecule has 1 aliphatic rings. The van der Waals surface area contributed by atoms with Crippen molar-refractivity contribution >= 4 is 22.9 Å². The minimum atomic E-state index is 0.428. The zero-order valence-corrected chi connectivity index (χ0v) is 13.0. The van der Waals surface area contributed by atoms with Crippen molar-refractivity contribution in [2.45, 2.75) is 52.0 Å². The van der Waals surface area contributed by atoms with Gasteiger partial charge < -0.3 is 5.32 Å². The summed E-state index contributed by atoms with van der Waals surface area (Å²) in [5.74, 6) is 1.87. The van der Waals surface area contributed by atoms with Gasteiger partial charge >= 0.3 is 0 Å². The van der Waals surface area contributed by atoms with E-state index in [4.69, 9.17) is 11.6 Å². The van der Waals surface area contributed by atoms with Gasteiger partial charge in [0, 0.05) is 6.04 Å². The number of hydrogen-bond acceptors (Lipinski definition) is 2. The lowest BCUT2D eigenvalue weighted by atomic mass is 9.81. The molecule has 1 saturated carbocycles. The monoisotopic (exact) mass is 285 g/mol. The Hall–Kier alpha value is -0.0500. The Morgan fingerprint density at radius 3 is 2.56 bits per heavy atom. The van der Waals surface area contributed by atoms with E-state index in [0.29, 0.717) is 6.04 Å². The van der Waals surface area contributed by atoms with Crippen molar-refractivity contribution in [3.8, 4) is 0 Å². The number of rotatable bonds is 5. The highest BCUT2D eigenvalue weighted by Crippen LogP contribution is 2.31. The fourth-order valence-electron chi connectivity index (χ4n) is 2.86. The number of halogens is 1. The smallest absolute Gasteiger partial charge is 0.0931 e. The van der Waals surface area contributed by atoms with Crippen molar-refractivity contribution in [3.63, 3.8) is 0 Å². The number of hydrogen-bond donors (Lipinski definition) is 1. The molecule has 18 heavy (non-hydrogen) atoms. The minimum Gasteiger partial charge on any atom is -0.310 e. The lowest BCUT2D eigenvalue weighted by Crippen LogP contribution is -2.28. The van der Waals surface area contributed by atoms with Crippen LogP contribution in [-0.4, -0.2) is 6.54 Å². The molecule has 2 rings (SSSR count). The Morgan fingerprint density at radius 1 is 1.33 bits per heavy atom. The van der Waals surface area contributed by atoms with Gasteiger partial charge in [0.25, 0.3) is 0 Å². The predicted molar refractivity (Wildman–Crippen MR) is 81.5 cm³/mol. The summed E-state index contributed by atoms with van der Waals surface area (Å²) in [4.78, 5) is 0. The van der Waals surface area contributed by atoms with Crippen LogP contribution < -0.4 is 5.32 Å². The quantitative estimate of drug-likeness (QED) is 0.777. The summed E-state index contributed by atoms with van der Waals surface area (Å²) in [5, 5.41) is 5.82. The van der Waals surface area contributed by atoms with E-state index in [1.807, 2.05) is 0 Å². The first-order chi connectivity index (χ1) is 8.69. The Bertz CT molecular complexity index is 355. The molecule has 1 atom stereocenters. The zero-order valence-electron chi connectivity index (χ0n) is 11.4. The molecule has 0 radical (unpaired) electrons. The molecule has 0 saturated heterocycles. The van der Waals surface area contributed by atoms with Gasteiger partial charge in [0.2, 0.25) is 0 Å². The third-order valence-corrected chi connectivity index (χ3v) is 5.45. The van der Waals surface area contributed by atoms with Crippen LogP contribution in [0.2, 0.25) is 4.34 Å². The van der Waals surface area contributed by atoms with Gasteiger partial charge in [-0.2, -0.15) is 0 Å². The molecule has 0 aromatic carbocycles. The lowest BCUT2D eigenvalue weighted by Gasteiger charge is -2.28. The Morgan fingerprint density at radius 2 is 2.00 bits per heavy atom. The molecule has 0 spiro atoms. The van der Waals surface area contributed by atoms with E-state index in [2.05, 4.69) is 30.6 Å². The van der Waals surface area contributed by atoms with E-state index in [9.17, 15) is 0 Å². The molecule has 0 amide bonds. The van der Waals surface area contributed by atoms with Crippen LogP contribution in [-0.2, 0) is 0 Å². The van der Waals surface area contributed by atoms with Crippen LogP contribution in [0.15, 0.2) is 11.4 Å². The summed E-state index contributed by atoms with van der Waals surface area (Å²) < 4.78 is 0.891. The highest BCUT2D eigenvalue weighted by molar-refractivity contribution is 7.14. The average Bonchev–Trinajstić information content (AvgIpc) is 2.83. The first-order valence-corrected chi connectivity index (χ1v) is 8.42. The molecule has 1 aliphatic carbocycles. The van der Waals surface area contributed by atoms with E-state index < -0.39 is 0 Å². The summed E-state index contributed by atoms with van der Waals surface area (Å²) in [7, 11) is 0. The second kappa shape index (κ2) is 6.93. The zero-order chi connectivity index (χ0) is 13.0. The highest BCUT2D eigenvalue weighted by atomic mass is 35.5. The van der Waals surface area contributed by atoms with Crippen LogP contribution in [0.25, 0.3) is 0 Å². The number of thiophene rings is 1. The van der Waals surface area contributed by atoms with Crippen LogP contribution in [0, 0.1) is 11.8 Å². The standard InChI is InChI=1S/C15H24ClNS/c1-3-12-4-6-13(7-5-12)9-17-11(2)14-8-15(16)18-10-14/h8,10-13,17H,3-7,9H2,1-2H3. The Balaban J connectivity index is 1.72. The van der Waals surface area contributed by atoms with E-state index >= 15 is 0 Å². The normalized spacial score (nSPS) is 26.2. The van der Waals surface area contributed by atoms with Crippen molar-refractivity contribution in [2.75, 3.05) is 6.54 Å². The third kappa shape index (κ3) is 3.97. The van der Waals surface area contributed by atoms with Gasteiger partial charge in [-0.05, 0) is 55.2 Å². The Kier molecular flexibility index (Phi) is 5.53. The van der Waals surface area contributed by atoms with Gasteiger partial charge in [0.1, 0.15) is 0 Å². The van der Waals surface area contributed by atoms with Gasteiger partial charge in [0.15, 0.2) is 0 Å². The van der Waals surface area contributed by atoms with Gasteiger partial charge in [-0.1, -0.05) is 37.8 Å². The van der Waals surface area contributed by atoms with Crippen molar-refractivity contribution in [2.24, 2.45) is 11.8 Å². The first kappa shape index (κ1) is 14.4. The molecule has 1 heterocycles. The summed E-state index contributed by atoms with van der Waals surface area (Å²) in [6.07, 6.45) is 7.04. The van der Waals surface area contributed by atoms with Crippen molar-refractivity contribution in [3.05, 3.63) is 21.3 Å². The molecule has 1 N–H and O–H groups in total. The largest absolute Gasteiger partial charge is 0.310 e. The molecule has 0 aliphatic heterocycles. The summed E-state index contributed by atoms with van der Waals surface area (Å²) in [6, 6.07) is 2.51. The lowest BCUT2D eigenvalue weighted by molar-refractivity contribution is 0.258. The molecule has 102 valence electrons. The second-order valence-corrected chi connectivity index (χ2v) is 7.15. The van der Waals surface area contributed by atoms with E-state index in [-0.39, 0.29) is 0 Å². The maximum atomic E-state index is 5.98. The van der Waals surface area contributed by atoms with Crippen LogP contribution in [0.5, 0.6) is 0 Å². The molecule has 0 bridgehead atoms. The average molecular weight is 286 g/mol. The van der Waals surface area contributed by atoms with Crippen molar-refractivity contribution in [1.82, 2.24) is 5.32 Å². The van der Waals surface area contributed by atoms with Crippen LogP contribution >= 0.6 is 22.9 Å². The van der Waals surface area contributed by atoms with Gasteiger partial charge in [-0.3, -0.25) is 0 Å². The van der Waals surface area contributed by atoms with Gasteiger partial charge in [-0.25, -0.2) is 0 Å². The summed E-state index contributed by atoms with van der Waals surface area (Å²) in [6.45, 7) is 5.72. The highest BCUT2D eigenvalue weighted by Gasteiger charge is 2.20. The molecular weight excluding hydrogens is 262 g/mol. The third-order valence-electron chi connectivity index (χ3n) is 4.34. The fourth-order valence-corrected chi connectivity index (χ4v) is 3.84. The SMILES string of the molecule is CCC1CCC(CNC(C)c2csc(Cl)c2)CC1. The van der Waals surface area contributed by atoms with Crippen LogP contribution in [0.4, 0.5) is 0 Å². The topological polar surface area (TPSA) is 12.0 Å². The van der Waals surface area contributed by atoms with Crippen molar-refractivity contribution in [1.29, 1.82) is 0 Å². The first-order valence-electron chi connectivity index (χ1n) is 7.16. The summed E-state index contributed by atoms with van der Waals surface area (Å²) in [5.41, 5.74) is 1.33. The predicted octanol–water partition coefficient (Wildman–Crippen LogP) is 5.27. The molecule has 1 aromatic rings. The molecule has 1 nitrogen and oxygen atoms in total. The van der Waals surface area contributed by atoms with Crippen LogP contribution in [0.1, 0.15) is 57.6 Å². The summed E-state index contributed by atoms with van der Waals surface area (Å²) >= 11 is 7.60. The fraction of sp³-hybridized carbons (Fsp3) is 0.733. The number of nitrogens with one attached hydrogen (secondary N) is 1. The molecule has 1 aromatic heterocycles. The maximum Gasteiger partial charge on any atom is 0.0931 e. The second-order valence-electron chi connectivity index (χ2n) is 5.61. The molecule has 1 fully saturated rings. The van der Waals surface area contributed by atoms with Gasteiger partial charge in [-0.15, -0.1) is 11.3 Å².